The summed E-state index contributed by atoms with van der Waals surface area (Å²) in [4.78, 5) is 15.5. The highest BCUT2D eigenvalue weighted by Gasteiger charge is 2.15. The van der Waals surface area contributed by atoms with Crippen molar-refractivity contribution in [1.29, 1.82) is 0 Å². The summed E-state index contributed by atoms with van der Waals surface area (Å²) in [7, 11) is 2.13. The molecule has 0 saturated carbocycles. The van der Waals surface area contributed by atoms with Gasteiger partial charge in [0.2, 0.25) is 0 Å². The zero-order valence-corrected chi connectivity index (χ0v) is 10.2. The van der Waals surface area contributed by atoms with Crippen molar-refractivity contribution >= 4 is 24.4 Å². The van der Waals surface area contributed by atoms with E-state index in [9.17, 15) is 4.79 Å². The Bertz CT molecular complexity index is 349. The van der Waals surface area contributed by atoms with Gasteiger partial charge in [-0.25, -0.2) is 0 Å². The molecule has 0 N–H and O–H groups in total. The number of piperazine rings is 1. The van der Waals surface area contributed by atoms with Crippen molar-refractivity contribution in [2.24, 2.45) is 0 Å². The Morgan fingerprint density at radius 2 is 1.75 bits per heavy atom. The number of likely N-dealkylation sites (N-methyl/N-ethyl adjacent to an activating group) is 1. The van der Waals surface area contributed by atoms with Gasteiger partial charge in [-0.05, 0) is 19.2 Å². The van der Waals surface area contributed by atoms with Crippen molar-refractivity contribution in [2.45, 2.75) is 0 Å². The van der Waals surface area contributed by atoms with Crippen LogP contribution in [0.1, 0.15) is 10.4 Å². The monoisotopic (exact) mass is 240 g/mol. The summed E-state index contributed by atoms with van der Waals surface area (Å²) in [6.07, 6.45) is 0.938. The van der Waals surface area contributed by atoms with Crippen LogP contribution in [0.4, 0.5) is 5.69 Å². The molecule has 88 valence electrons. The van der Waals surface area contributed by atoms with Crippen molar-refractivity contribution in [3.8, 4) is 0 Å². The number of aldehydes is 1. The van der Waals surface area contributed by atoms with Crippen LogP contribution in [0.25, 0.3) is 0 Å². The van der Waals surface area contributed by atoms with Crippen LogP contribution in [-0.4, -0.2) is 44.4 Å². The third-order valence-electron chi connectivity index (χ3n) is 2.91. The predicted molar refractivity (Wildman–Crippen MR) is 68.8 cm³/mol. The Labute approximate surface area is 102 Å². The van der Waals surface area contributed by atoms with Gasteiger partial charge >= 0.3 is 0 Å². The molecule has 1 saturated heterocycles. The van der Waals surface area contributed by atoms with E-state index in [4.69, 9.17) is 0 Å². The second-order valence-corrected chi connectivity index (χ2v) is 3.97. The average molecular weight is 241 g/mol. The lowest BCUT2D eigenvalue weighted by Crippen LogP contribution is -2.44. The molecular weight excluding hydrogens is 224 g/mol. The van der Waals surface area contributed by atoms with E-state index in [0.717, 1.165) is 43.7 Å². The molecule has 0 bridgehead atoms. The molecule has 16 heavy (non-hydrogen) atoms. The normalized spacial score (nSPS) is 16.7. The first-order valence-electron chi connectivity index (χ1n) is 5.29. The van der Waals surface area contributed by atoms with Crippen LogP contribution >= 0.6 is 12.4 Å². The van der Waals surface area contributed by atoms with Gasteiger partial charge in [0.1, 0.15) is 0 Å². The van der Waals surface area contributed by atoms with E-state index in [1.165, 1.54) is 0 Å². The van der Waals surface area contributed by atoms with Gasteiger partial charge in [0, 0.05) is 37.4 Å². The molecular formula is C12H17ClN2O. The third kappa shape index (κ3) is 2.74. The van der Waals surface area contributed by atoms with E-state index in [1.54, 1.807) is 0 Å². The lowest BCUT2D eigenvalue weighted by Gasteiger charge is -2.34. The number of benzene rings is 1. The fourth-order valence-corrected chi connectivity index (χ4v) is 1.92. The maximum atomic E-state index is 10.9. The first-order chi connectivity index (χ1) is 7.31. The van der Waals surface area contributed by atoms with Gasteiger partial charge in [-0.2, -0.15) is 0 Å². The van der Waals surface area contributed by atoms with Crippen molar-refractivity contribution in [1.82, 2.24) is 4.90 Å². The zero-order chi connectivity index (χ0) is 10.7. The van der Waals surface area contributed by atoms with Gasteiger partial charge in [0.05, 0.1) is 0 Å². The highest BCUT2D eigenvalue weighted by atomic mass is 35.5. The smallest absolute Gasteiger partial charge is 0.152 e. The molecule has 0 aliphatic carbocycles. The van der Waals surface area contributed by atoms with Crippen LogP contribution < -0.4 is 4.90 Å². The number of carbonyl (C=O) groups is 1. The number of carbonyl (C=O) groups excluding carboxylic acids is 1. The molecule has 4 heteroatoms. The summed E-state index contributed by atoms with van der Waals surface area (Å²) in [5.74, 6) is 0. The van der Waals surface area contributed by atoms with Crippen LogP contribution in [0.15, 0.2) is 24.3 Å². The van der Waals surface area contributed by atoms with Gasteiger partial charge < -0.3 is 9.80 Å². The van der Waals surface area contributed by atoms with Crippen molar-refractivity contribution < 1.29 is 4.79 Å². The number of halogens is 1. The average Bonchev–Trinajstić information content (AvgIpc) is 2.30. The van der Waals surface area contributed by atoms with Crippen LogP contribution in [0.3, 0.4) is 0 Å². The summed E-state index contributed by atoms with van der Waals surface area (Å²) >= 11 is 0. The SMILES string of the molecule is CN1CCN(c2ccccc2C=O)CC1.Cl. The predicted octanol–water partition coefficient (Wildman–Crippen LogP) is 1.67. The summed E-state index contributed by atoms with van der Waals surface area (Å²) in [5, 5.41) is 0. The van der Waals surface area contributed by atoms with E-state index in [0.29, 0.717) is 0 Å². The summed E-state index contributed by atoms with van der Waals surface area (Å²) in [6, 6.07) is 7.79. The van der Waals surface area contributed by atoms with Gasteiger partial charge in [-0.1, -0.05) is 12.1 Å². The second-order valence-electron chi connectivity index (χ2n) is 3.97. The van der Waals surface area contributed by atoms with E-state index in [-0.39, 0.29) is 12.4 Å². The van der Waals surface area contributed by atoms with Gasteiger partial charge in [0.25, 0.3) is 0 Å². The molecule has 0 aromatic heterocycles. The van der Waals surface area contributed by atoms with E-state index < -0.39 is 0 Å². The van der Waals surface area contributed by atoms with Crippen molar-refractivity contribution in [3.63, 3.8) is 0 Å². The maximum absolute atomic E-state index is 10.9. The van der Waals surface area contributed by atoms with Crippen molar-refractivity contribution in [3.05, 3.63) is 29.8 Å². The fraction of sp³-hybridized carbons (Fsp3) is 0.417. The van der Waals surface area contributed by atoms with Gasteiger partial charge in [0.15, 0.2) is 6.29 Å². The lowest BCUT2D eigenvalue weighted by atomic mass is 10.1. The molecule has 0 atom stereocenters. The van der Waals surface area contributed by atoms with E-state index in [1.807, 2.05) is 24.3 Å². The molecule has 3 nitrogen and oxygen atoms in total. The fourth-order valence-electron chi connectivity index (χ4n) is 1.92. The second kappa shape index (κ2) is 5.87. The number of nitrogens with zero attached hydrogens (tertiary/aromatic N) is 2. The Balaban J connectivity index is 0.00000128. The van der Waals surface area contributed by atoms with E-state index >= 15 is 0 Å². The molecule has 0 radical (unpaired) electrons. The molecule has 0 amide bonds. The minimum Gasteiger partial charge on any atom is -0.368 e. The maximum Gasteiger partial charge on any atom is 0.152 e. The van der Waals surface area contributed by atoms with Crippen LogP contribution in [0.5, 0.6) is 0 Å². The molecule has 2 rings (SSSR count). The first-order valence-corrected chi connectivity index (χ1v) is 5.29. The molecule has 1 aliphatic rings. The van der Waals surface area contributed by atoms with Crippen LogP contribution in [0.2, 0.25) is 0 Å². The highest BCUT2D eigenvalue weighted by molar-refractivity contribution is 5.85. The largest absolute Gasteiger partial charge is 0.368 e. The number of para-hydroxylation sites is 1. The number of hydrogen-bond acceptors (Lipinski definition) is 3. The molecule has 1 fully saturated rings. The number of hydrogen-bond donors (Lipinski definition) is 0. The third-order valence-corrected chi connectivity index (χ3v) is 2.91. The first kappa shape index (κ1) is 13.0. The molecule has 0 spiro atoms. The Hall–Kier alpha value is -1.06. The van der Waals surface area contributed by atoms with Crippen LogP contribution in [0, 0.1) is 0 Å². The number of anilines is 1. The number of rotatable bonds is 2. The van der Waals surface area contributed by atoms with Gasteiger partial charge in [-0.3, -0.25) is 4.79 Å². The Kier molecular flexibility index (Phi) is 4.77. The standard InChI is InChI=1S/C12H16N2O.ClH/c1-13-6-8-14(9-7-13)12-5-3-2-4-11(12)10-15;/h2-5,10H,6-9H2,1H3;1H. The summed E-state index contributed by atoms with van der Waals surface area (Å²) in [6.45, 7) is 4.13. The summed E-state index contributed by atoms with van der Waals surface area (Å²) in [5.41, 5.74) is 1.86. The zero-order valence-electron chi connectivity index (χ0n) is 9.43. The molecule has 1 aliphatic heterocycles. The minimum absolute atomic E-state index is 0. The quantitative estimate of drug-likeness (QED) is 0.735. The highest BCUT2D eigenvalue weighted by Crippen LogP contribution is 2.19. The van der Waals surface area contributed by atoms with Gasteiger partial charge in [-0.15, -0.1) is 12.4 Å². The molecule has 1 heterocycles. The molecule has 0 unspecified atom stereocenters. The lowest BCUT2D eigenvalue weighted by molar-refractivity contribution is 0.112. The summed E-state index contributed by atoms with van der Waals surface area (Å²) < 4.78 is 0. The van der Waals surface area contributed by atoms with E-state index in [2.05, 4.69) is 16.8 Å². The minimum atomic E-state index is 0. The van der Waals surface area contributed by atoms with Crippen molar-refractivity contribution in [2.75, 3.05) is 38.1 Å². The topological polar surface area (TPSA) is 23.6 Å². The Morgan fingerprint density at radius 3 is 2.38 bits per heavy atom. The molecule has 1 aromatic rings. The van der Waals surface area contributed by atoms with Crippen LogP contribution in [-0.2, 0) is 0 Å². The Morgan fingerprint density at radius 1 is 1.12 bits per heavy atom. The molecule has 1 aromatic carbocycles.